The Morgan fingerprint density at radius 1 is 1.18 bits per heavy atom. The Morgan fingerprint density at radius 2 is 1.77 bits per heavy atom. The molecule has 120 valence electrons. The van der Waals surface area contributed by atoms with Crippen molar-refractivity contribution in [2.45, 2.75) is 20.4 Å². The molecule has 0 aliphatic carbocycles. The Morgan fingerprint density at radius 3 is 2.32 bits per heavy atom. The molecule has 3 heterocycles. The fourth-order valence-electron chi connectivity index (χ4n) is 2.16. The van der Waals surface area contributed by atoms with Gasteiger partial charge in [0.05, 0.1) is 49.5 Å². The van der Waals surface area contributed by atoms with Gasteiger partial charge in [-0.2, -0.15) is 0 Å². The van der Waals surface area contributed by atoms with Crippen molar-refractivity contribution in [3.63, 3.8) is 0 Å². The van der Waals surface area contributed by atoms with Gasteiger partial charge in [-0.05, 0) is 13.8 Å². The van der Waals surface area contributed by atoms with E-state index in [1.165, 1.54) is 11.3 Å². The Labute approximate surface area is 132 Å². The first-order valence-electron chi connectivity index (χ1n) is 7.11. The molecule has 0 radical (unpaired) electrons. The number of thiazole rings is 1. The van der Waals surface area contributed by atoms with Gasteiger partial charge < -0.3 is 20.1 Å². The van der Waals surface area contributed by atoms with E-state index >= 15 is 0 Å². The van der Waals surface area contributed by atoms with Crippen LogP contribution < -0.4 is 10.6 Å². The number of ether oxygens (including phenoxy) is 2. The third kappa shape index (κ3) is 2.86. The second kappa shape index (κ2) is 5.60. The van der Waals surface area contributed by atoms with Crippen LogP contribution in [0.4, 0.5) is 5.13 Å². The molecule has 0 atom stereocenters. The summed E-state index contributed by atoms with van der Waals surface area (Å²) in [5, 5.41) is 8.02. The van der Waals surface area contributed by atoms with Crippen molar-refractivity contribution in [2.24, 2.45) is 10.8 Å². The summed E-state index contributed by atoms with van der Waals surface area (Å²) in [7, 11) is 0. The quantitative estimate of drug-likeness (QED) is 0.835. The zero-order valence-electron chi connectivity index (χ0n) is 12.6. The minimum Gasteiger partial charge on any atom is -0.379 e. The number of anilines is 1. The SMILES string of the molecule is CC1(C(=O)NCc2csc(NC(=O)C3(C)COC3)n2)COC1. The average molecular weight is 325 g/mol. The van der Waals surface area contributed by atoms with Crippen LogP contribution in [0, 0.1) is 10.8 Å². The zero-order valence-corrected chi connectivity index (χ0v) is 13.4. The minimum absolute atomic E-state index is 0.0311. The van der Waals surface area contributed by atoms with Crippen LogP contribution in [0.1, 0.15) is 19.5 Å². The van der Waals surface area contributed by atoms with E-state index in [1.807, 2.05) is 19.2 Å². The number of nitrogens with one attached hydrogen (secondary N) is 2. The highest BCUT2D eigenvalue weighted by molar-refractivity contribution is 7.13. The zero-order chi connectivity index (χ0) is 15.8. The Kier molecular flexibility index (Phi) is 3.92. The topological polar surface area (TPSA) is 89.6 Å². The number of aromatic nitrogens is 1. The standard InChI is InChI=1S/C14H19N3O4S/c1-13(5-20-6-13)10(18)15-3-9-4-22-12(16-9)17-11(19)14(2)7-21-8-14/h4H,3,5-8H2,1-2H3,(H,15,18)(H,16,17,19). The number of hydrogen-bond donors (Lipinski definition) is 2. The average Bonchev–Trinajstić information content (AvgIpc) is 2.86. The summed E-state index contributed by atoms with van der Waals surface area (Å²) in [4.78, 5) is 28.4. The molecule has 2 amide bonds. The molecular formula is C14H19N3O4S. The molecule has 2 N–H and O–H groups in total. The van der Waals surface area contributed by atoms with Crippen LogP contribution in [-0.2, 0) is 25.6 Å². The molecule has 3 rings (SSSR count). The fraction of sp³-hybridized carbons (Fsp3) is 0.643. The summed E-state index contributed by atoms with van der Waals surface area (Å²) in [6, 6.07) is 0. The molecule has 2 aliphatic heterocycles. The minimum atomic E-state index is -0.459. The maximum Gasteiger partial charge on any atom is 0.236 e. The van der Waals surface area contributed by atoms with Crippen LogP contribution in [0.25, 0.3) is 0 Å². The number of carbonyl (C=O) groups excluding carboxylic acids is 2. The first kappa shape index (κ1) is 15.4. The fourth-order valence-corrected chi connectivity index (χ4v) is 2.86. The Balaban J connectivity index is 1.51. The lowest BCUT2D eigenvalue weighted by atomic mass is 9.87. The van der Waals surface area contributed by atoms with E-state index in [2.05, 4.69) is 15.6 Å². The highest BCUT2D eigenvalue weighted by Gasteiger charge is 2.42. The molecule has 1 aromatic heterocycles. The lowest BCUT2D eigenvalue weighted by Gasteiger charge is -2.36. The molecule has 0 aromatic carbocycles. The third-order valence-corrected chi connectivity index (χ3v) is 4.79. The van der Waals surface area contributed by atoms with E-state index in [4.69, 9.17) is 9.47 Å². The maximum absolute atomic E-state index is 12.1. The molecule has 2 aliphatic rings. The van der Waals surface area contributed by atoms with Crippen LogP contribution in [0.3, 0.4) is 0 Å². The summed E-state index contributed by atoms with van der Waals surface area (Å²) in [5.74, 6) is -0.112. The second-order valence-electron chi connectivity index (χ2n) is 6.39. The number of amides is 2. The summed E-state index contributed by atoms with van der Waals surface area (Å²) in [6.07, 6.45) is 0. The Bertz CT molecular complexity index is 593. The Hall–Kier alpha value is -1.51. The second-order valence-corrected chi connectivity index (χ2v) is 7.25. The van der Waals surface area contributed by atoms with Crippen molar-refractivity contribution in [1.29, 1.82) is 0 Å². The highest BCUT2D eigenvalue weighted by atomic mass is 32.1. The van der Waals surface area contributed by atoms with Crippen molar-refractivity contribution in [1.82, 2.24) is 10.3 Å². The van der Waals surface area contributed by atoms with Crippen molar-refractivity contribution in [3.05, 3.63) is 11.1 Å². The molecule has 0 unspecified atom stereocenters. The molecule has 0 saturated carbocycles. The molecule has 1 aromatic rings. The lowest BCUT2D eigenvalue weighted by molar-refractivity contribution is -0.157. The molecule has 7 nitrogen and oxygen atoms in total. The van der Waals surface area contributed by atoms with E-state index in [9.17, 15) is 9.59 Å². The number of rotatable bonds is 5. The predicted octanol–water partition coefficient (Wildman–Crippen LogP) is 0.771. The van der Waals surface area contributed by atoms with E-state index < -0.39 is 10.8 Å². The summed E-state index contributed by atoms with van der Waals surface area (Å²) < 4.78 is 10.2. The molecule has 0 bridgehead atoms. The van der Waals surface area contributed by atoms with Crippen molar-refractivity contribution < 1.29 is 19.1 Å². The normalized spacial score (nSPS) is 21.4. The molecular weight excluding hydrogens is 306 g/mol. The summed E-state index contributed by atoms with van der Waals surface area (Å²) in [6.45, 7) is 5.88. The van der Waals surface area contributed by atoms with Crippen molar-refractivity contribution in [3.8, 4) is 0 Å². The molecule has 8 heteroatoms. The van der Waals surface area contributed by atoms with Crippen LogP contribution in [0.2, 0.25) is 0 Å². The first-order valence-corrected chi connectivity index (χ1v) is 7.99. The van der Waals surface area contributed by atoms with Gasteiger partial charge in [0.1, 0.15) is 0 Å². The van der Waals surface area contributed by atoms with E-state index in [0.29, 0.717) is 38.1 Å². The predicted molar refractivity (Wildman–Crippen MR) is 80.4 cm³/mol. The molecule has 0 spiro atoms. The van der Waals surface area contributed by atoms with Gasteiger partial charge in [-0.25, -0.2) is 4.98 Å². The van der Waals surface area contributed by atoms with Crippen LogP contribution in [0.5, 0.6) is 0 Å². The van der Waals surface area contributed by atoms with E-state index in [-0.39, 0.29) is 11.8 Å². The summed E-state index contributed by atoms with van der Waals surface area (Å²) in [5.41, 5.74) is -0.155. The monoisotopic (exact) mass is 325 g/mol. The van der Waals surface area contributed by atoms with Gasteiger partial charge in [0, 0.05) is 5.38 Å². The van der Waals surface area contributed by atoms with Gasteiger partial charge in [-0.15, -0.1) is 11.3 Å². The van der Waals surface area contributed by atoms with Gasteiger partial charge >= 0.3 is 0 Å². The van der Waals surface area contributed by atoms with Crippen LogP contribution in [-0.4, -0.2) is 43.2 Å². The van der Waals surface area contributed by atoms with E-state index in [0.717, 1.165) is 5.69 Å². The first-order chi connectivity index (χ1) is 10.4. The van der Waals surface area contributed by atoms with Gasteiger partial charge in [-0.3, -0.25) is 9.59 Å². The molecule has 2 fully saturated rings. The number of hydrogen-bond acceptors (Lipinski definition) is 6. The van der Waals surface area contributed by atoms with E-state index in [1.54, 1.807) is 0 Å². The smallest absolute Gasteiger partial charge is 0.236 e. The van der Waals surface area contributed by atoms with Crippen LogP contribution in [0.15, 0.2) is 5.38 Å². The maximum atomic E-state index is 12.1. The number of nitrogens with zero attached hydrogens (tertiary/aromatic N) is 1. The highest BCUT2D eigenvalue weighted by Crippen LogP contribution is 2.29. The van der Waals surface area contributed by atoms with Gasteiger partial charge in [0.2, 0.25) is 11.8 Å². The van der Waals surface area contributed by atoms with Gasteiger partial charge in [-0.1, -0.05) is 0 Å². The number of carbonyl (C=O) groups is 2. The van der Waals surface area contributed by atoms with Crippen LogP contribution >= 0.6 is 11.3 Å². The van der Waals surface area contributed by atoms with Gasteiger partial charge in [0.25, 0.3) is 0 Å². The third-order valence-electron chi connectivity index (χ3n) is 3.98. The molecule has 2 saturated heterocycles. The summed E-state index contributed by atoms with van der Waals surface area (Å²) >= 11 is 1.35. The lowest BCUT2D eigenvalue weighted by Crippen LogP contribution is -2.51. The van der Waals surface area contributed by atoms with Crippen molar-refractivity contribution in [2.75, 3.05) is 31.7 Å². The molecule has 22 heavy (non-hydrogen) atoms. The largest absolute Gasteiger partial charge is 0.379 e. The van der Waals surface area contributed by atoms with Gasteiger partial charge in [0.15, 0.2) is 5.13 Å². The van der Waals surface area contributed by atoms with Crippen molar-refractivity contribution >= 4 is 28.3 Å².